The van der Waals surface area contributed by atoms with Crippen molar-refractivity contribution < 1.29 is 8.42 Å². The second-order valence-electron chi connectivity index (χ2n) is 4.59. The first-order valence-electron chi connectivity index (χ1n) is 5.61. The molecule has 1 heterocycles. The fourth-order valence-electron chi connectivity index (χ4n) is 1.96. The molecular formula is C10H22N2O2S. The molecule has 4 nitrogen and oxygen atoms in total. The van der Waals surface area contributed by atoms with E-state index in [2.05, 4.69) is 19.2 Å². The molecule has 1 fully saturated rings. The van der Waals surface area contributed by atoms with Gasteiger partial charge < -0.3 is 11.1 Å². The Kier molecular flexibility index (Phi) is 4.14. The molecule has 0 radical (unpaired) electrons. The van der Waals surface area contributed by atoms with E-state index in [9.17, 15) is 8.42 Å². The molecular weight excluding hydrogens is 212 g/mol. The number of rotatable bonds is 4. The normalized spacial score (nSPS) is 26.1. The van der Waals surface area contributed by atoms with E-state index in [0.29, 0.717) is 25.4 Å². The highest BCUT2D eigenvalue weighted by molar-refractivity contribution is 7.91. The minimum atomic E-state index is -2.80. The molecule has 15 heavy (non-hydrogen) atoms. The summed E-state index contributed by atoms with van der Waals surface area (Å²) in [7, 11) is -2.80. The summed E-state index contributed by atoms with van der Waals surface area (Å²) in [5, 5.41) is 3.48. The molecule has 1 atom stereocenters. The van der Waals surface area contributed by atoms with Gasteiger partial charge >= 0.3 is 0 Å². The maximum atomic E-state index is 11.3. The molecule has 0 saturated carbocycles. The van der Waals surface area contributed by atoms with Crippen molar-refractivity contribution in [2.75, 3.05) is 18.1 Å². The number of hydrogen-bond acceptors (Lipinski definition) is 4. The zero-order valence-corrected chi connectivity index (χ0v) is 10.4. The Balaban J connectivity index is 2.64. The van der Waals surface area contributed by atoms with E-state index in [0.717, 1.165) is 6.42 Å². The van der Waals surface area contributed by atoms with Gasteiger partial charge in [0.2, 0.25) is 0 Å². The molecule has 0 aliphatic carbocycles. The summed E-state index contributed by atoms with van der Waals surface area (Å²) >= 11 is 0. The Labute approximate surface area is 92.5 Å². The lowest BCUT2D eigenvalue weighted by atomic mass is 9.91. The lowest BCUT2D eigenvalue weighted by Crippen LogP contribution is -2.58. The summed E-state index contributed by atoms with van der Waals surface area (Å²) in [4.78, 5) is 0. The van der Waals surface area contributed by atoms with Crippen LogP contribution < -0.4 is 11.1 Å². The summed E-state index contributed by atoms with van der Waals surface area (Å²) in [5.74, 6) is 0.543. The van der Waals surface area contributed by atoms with Crippen LogP contribution in [0.25, 0.3) is 0 Å². The van der Waals surface area contributed by atoms with E-state index in [4.69, 9.17) is 5.73 Å². The standard InChI is InChI=1S/C10H22N2O2S/c1-3-9(2)12-10(8-11)4-6-15(13,14)7-5-10/h9,12H,3-8,11H2,1-2H3. The van der Waals surface area contributed by atoms with Gasteiger partial charge in [0.1, 0.15) is 9.84 Å². The van der Waals surface area contributed by atoms with E-state index < -0.39 is 9.84 Å². The molecule has 1 aliphatic heterocycles. The molecule has 5 heteroatoms. The van der Waals surface area contributed by atoms with Gasteiger partial charge in [-0.15, -0.1) is 0 Å². The summed E-state index contributed by atoms with van der Waals surface area (Å²) < 4.78 is 22.7. The third kappa shape index (κ3) is 3.43. The quantitative estimate of drug-likeness (QED) is 0.733. The summed E-state index contributed by atoms with van der Waals surface area (Å²) in [5.41, 5.74) is 5.62. The minimum Gasteiger partial charge on any atom is -0.329 e. The summed E-state index contributed by atoms with van der Waals surface area (Å²) in [6, 6.07) is 0.398. The van der Waals surface area contributed by atoms with Crippen LogP contribution in [0.15, 0.2) is 0 Å². The number of sulfone groups is 1. The van der Waals surface area contributed by atoms with Crippen LogP contribution in [0.2, 0.25) is 0 Å². The molecule has 90 valence electrons. The van der Waals surface area contributed by atoms with Crippen LogP contribution in [0.4, 0.5) is 0 Å². The first-order valence-corrected chi connectivity index (χ1v) is 7.43. The van der Waals surface area contributed by atoms with Gasteiger partial charge in [0.05, 0.1) is 11.5 Å². The van der Waals surface area contributed by atoms with Crippen molar-refractivity contribution in [1.82, 2.24) is 5.32 Å². The van der Waals surface area contributed by atoms with Crippen molar-refractivity contribution in [2.24, 2.45) is 5.73 Å². The van der Waals surface area contributed by atoms with Crippen molar-refractivity contribution in [3.63, 3.8) is 0 Å². The van der Waals surface area contributed by atoms with Crippen molar-refractivity contribution in [1.29, 1.82) is 0 Å². The van der Waals surface area contributed by atoms with Crippen LogP contribution >= 0.6 is 0 Å². The van der Waals surface area contributed by atoms with Gasteiger partial charge in [-0.2, -0.15) is 0 Å². The zero-order valence-electron chi connectivity index (χ0n) is 9.62. The van der Waals surface area contributed by atoms with Crippen LogP contribution in [-0.4, -0.2) is 38.0 Å². The van der Waals surface area contributed by atoms with E-state index in [1.807, 2.05) is 0 Å². The lowest BCUT2D eigenvalue weighted by molar-refractivity contribution is 0.269. The number of hydrogen-bond donors (Lipinski definition) is 2. The Bertz CT molecular complexity index is 287. The van der Waals surface area contributed by atoms with E-state index in [-0.39, 0.29) is 17.0 Å². The van der Waals surface area contributed by atoms with Gasteiger partial charge in [0, 0.05) is 18.1 Å². The SMILES string of the molecule is CCC(C)NC1(CN)CCS(=O)(=O)CC1. The molecule has 1 unspecified atom stereocenters. The van der Waals surface area contributed by atoms with Crippen LogP contribution in [0.1, 0.15) is 33.1 Å². The first-order chi connectivity index (χ1) is 6.93. The zero-order chi connectivity index (χ0) is 11.5. The van der Waals surface area contributed by atoms with Gasteiger partial charge in [-0.1, -0.05) is 6.92 Å². The molecule has 0 amide bonds. The van der Waals surface area contributed by atoms with E-state index in [1.54, 1.807) is 0 Å². The van der Waals surface area contributed by atoms with Crippen LogP contribution in [-0.2, 0) is 9.84 Å². The van der Waals surface area contributed by atoms with Crippen LogP contribution in [0.3, 0.4) is 0 Å². The highest BCUT2D eigenvalue weighted by Crippen LogP contribution is 2.23. The van der Waals surface area contributed by atoms with E-state index in [1.165, 1.54) is 0 Å². The van der Waals surface area contributed by atoms with Crippen molar-refractivity contribution in [2.45, 2.75) is 44.7 Å². The molecule has 1 aliphatic rings. The van der Waals surface area contributed by atoms with Crippen LogP contribution in [0.5, 0.6) is 0 Å². The average molecular weight is 234 g/mol. The maximum absolute atomic E-state index is 11.3. The average Bonchev–Trinajstić information content (AvgIpc) is 2.22. The fourth-order valence-corrected chi connectivity index (χ4v) is 3.57. The molecule has 0 aromatic rings. The highest BCUT2D eigenvalue weighted by Gasteiger charge is 2.36. The first kappa shape index (κ1) is 12.9. The summed E-state index contributed by atoms with van der Waals surface area (Å²) in [6.07, 6.45) is 2.33. The van der Waals surface area contributed by atoms with Crippen LogP contribution in [0, 0.1) is 0 Å². The van der Waals surface area contributed by atoms with Crippen molar-refractivity contribution in [3.05, 3.63) is 0 Å². The molecule has 3 N–H and O–H groups in total. The maximum Gasteiger partial charge on any atom is 0.150 e. The second-order valence-corrected chi connectivity index (χ2v) is 6.89. The predicted octanol–water partition coefficient (Wildman–Crippen LogP) is 0.281. The van der Waals surface area contributed by atoms with Gasteiger partial charge in [0.25, 0.3) is 0 Å². The Morgan fingerprint density at radius 3 is 2.33 bits per heavy atom. The summed E-state index contributed by atoms with van der Waals surface area (Å²) in [6.45, 7) is 4.74. The van der Waals surface area contributed by atoms with Gasteiger partial charge in [-0.05, 0) is 26.2 Å². The third-order valence-corrected chi connectivity index (χ3v) is 4.99. The van der Waals surface area contributed by atoms with Crippen molar-refractivity contribution in [3.8, 4) is 0 Å². The topological polar surface area (TPSA) is 72.2 Å². The van der Waals surface area contributed by atoms with Crippen molar-refractivity contribution >= 4 is 9.84 Å². The Hall–Kier alpha value is -0.130. The number of nitrogens with two attached hydrogens (primary N) is 1. The Morgan fingerprint density at radius 2 is 1.93 bits per heavy atom. The molecule has 0 aromatic heterocycles. The highest BCUT2D eigenvalue weighted by atomic mass is 32.2. The largest absolute Gasteiger partial charge is 0.329 e. The lowest BCUT2D eigenvalue weighted by Gasteiger charge is -2.39. The predicted molar refractivity (Wildman–Crippen MR) is 62.6 cm³/mol. The number of nitrogens with one attached hydrogen (secondary N) is 1. The Morgan fingerprint density at radius 1 is 1.40 bits per heavy atom. The van der Waals surface area contributed by atoms with E-state index >= 15 is 0 Å². The fraction of sp³-hybridized carbons (Fsp3) is 1.00. The third-order valence-electron chi connectivity index (χ3n) is 3.34. The molecule has 0 aromatic carbocycles. The molecule has 0 bridgehead atoms. The monoisotopic (exact) mass is 234 g/mol. The van der Waals surface area contributed by atoms with Gasteiger partial charge in [-0.25, -0.2) is 8.42 Å². The second kappa shape index (κ2) is 4.80. The minimum absolute atomic E-state index is 0.152. The smallest absolute Gasteiger partial charge is 0.150 e. The van der Waals surface area contributed by atoms with Gasteiger partial charge in [-0.3, -0.25) is 0 Å². The molecule has 1 saturated heterocycles. The molecule has 1 rings (SSSR count). The molecule has 0 spiro atoms. The van der Waals surface area contributed by atoms with Gasteiger partial charge in [0.15, 0.2) is 0 Å².